The molecule has 0 aromatic heterocycles. The molecule has 0 radical (unpaired) electrons. The van der Waals surface area contributed by atoms with Crippen molar-refractivity contribution in [3.8, 4) is 0 Å². The summed E-state index contributed by atoms with van der Waals surface area (Å²) < 4.78 is 5.63. The number of nitrogens with one attached hydrogen (secondary N) is 1. The molecule has 6 nitrogen and oxygen atoms in total. The number of hydrogen-bond donors (Lipinski definition) is 2. The topological polar surface area (TPSA) is 78.9 Å². The van der Waals surface area contributed by atoms with Gasteiger partial charge in [-0.3, -0.25) is 4.79 Å². The van der Waals surface area contributed by atoms with Crippen molar-refractivity contribution in [3.05, 3.63) is 12.2 Å². The van der Waals surface area contributed by atoms with E-state index in [0.717, 1.165) is 12.0 Å². The Labute approximate surface area is 131 Å². The molecule has 0 bridgehead atoms. The van der Waals surface area contributed by atoms with Gasteiger partial charge in [0.25, 0.3) is 0 Å². The van der Waals surface area contributed by atoms with Gasteiger partial charge in [-0.25, -0.2) is 4.79 Å². The zero-order chi connectivity index (χ0) is 16.3. The number of amides is 2. The van der Waals surface area contributed by atoms with Crippen LogP contribution in [0.5, 0.6) is 0 Å². The van der Waals surface area contributed by atoms with E-state index in [2.05, 4.69) is 11.9 Å². The van der Waals surface area contributed by atoms with E-state index in [9.17, 15) is 9.59 Å². The molecule has 2 fully saturated rings. The fourth-order valence-electron chi connectivity index (χ4n) is 3.41. The maximum absolute atomic E-state index is 12.3. The van der Waals surface area contributed by atoms with Crippen LogP contribution in [0, 0.1) is 17.8 Å². The smallest absolute Gasteiger partial charge is 0.317 e. The predicted octanol–water partition coefficient (Wildman–Crippen LogP) is 1.72. The Morgan fingerprint density at radius 3 is 2.77 bits per heavy atom. The van der Waals surface area contributed by atoms with Crippen LogP contribution in [0.4, 0.5) is 4.79 Å². The zero-order valence-corrected chi connectivity index (χ0v) is 13.4. The van der Waals surface area contributed by atoms with Gasteiger partial charge in [0, 0.05) is 32.2 Å². The van der Waals surface area contributed by atoms with Gasteiger partial charge < -0.3 is 20.1 Å². The molecule has 2 rings (SSSR count). The molecule has 22 heavy (non-hydrogen) atoms. The molecule has 2 aliphatic rings. The second-order valence-corrected chi connectivity index (χ2v) is 6.65. The van der Waals surface area contributed by atoms with Gasteiger partial charge in [-0.2, -0.15) is 0 Å². The summed E-state index contributed by atoms with van der Waals surface area (Å²) in [4.78, 5) is 25.1. The van der Waals surface area contributed by atoms with Gasteiger partial charge in [0.05, 0.1) is 12.0 Å². The summed E-state index contributed by atoms with van der Waals surface area (Å²) in [6.07, 6.45) is 1.55. The van der Waals surface area contributed by atoms with E-state index in [-0.39, 0.29) is 30.5 Å². The Morgan fingerprint density at radius 1 is 1.41 bits per heavy atom. The summed E-state index contributed by atoms with van der Waals surface area (Å²) in [5.74, 6) is -0.833. The highest BCUT2D eigenvalue weighted by Crippen LogP contribution is 2.25. The lowest BCUT2D eigenvalue weighted by Gasteiger charge is -2.35. The summed E-state index contributed by atoms with van der Waals surface area (Å²) in [7, 11) is 0. The molecule has 0 saturated carbocycles. The minimum Gasteiger partial charge on any atom is -0.481 e. The normalized spacial score (nSPS) is 31.8. The Morgan fingerprint density at radius 2 is 2.14 bits per heavy atom. The third-order valence-corrected chi connectivity index (χ3v) is 4.51. The largest absolute Gasteiger partial charge is 0.481 e. The van der Waals surface area contributed by atoms with E-state index < -0.39 is 11.9 Å². The third-order valence-electron chi connectivity index (χ3n) is 4.51. The number of rotatable bonds is 4. The number of ether oxygens (including phenoxy) is 1. The van der Waals surface area contributed by atoms with Crippen molar-refractivity contribution in [2.24, 2.45) is 17.8 Å². The van der Waals surface area contributed by atoms with Crippen molar-refractivity contribution >= 4 is 12.0 Å². The summed E-state index contributed by atoms with van der Waals surface area (Å²) in [5.41, 5.74) is 0.981. The standard InChI is InChI=1S/C16H26N2O4/c1-10(2)14-12(4-5-22-14)7-17-16(21)18-8-11(3)6-13(9-18)15(19)20/h11-14H,1,4-9H2,2-3H3,(H,17,21)(H,19,20). The molecule has 2 N–H and O–H groups in total. The van der Waals surface area contributed by atoms with Crippen LogP contribution in [0.1, 0.15) is 26.7 Å². The monoisotopic (exact) mass is 310 g/mol. The van der Waals surface area contributed by atoms with Gasteiger partial charge in [0.1, 0.15) is 0 Å². The van der Waals surface area contributed by atoms with Crippen LogP contribution in [0.25, 0.3) is 0 Å². The van der Waals surface area contributed by atoms with E-state index >= 15 is 0 Å². The molecule has 2 saturated heterocycles. The van der Waals surface area contributed by atoms with Gasteiger partial charge >= 0.3 is 12.0 Å². The molecule has 2 heterocycles. The molecule has 0 aliphatic carbocycles. The highest BCUT2D eigenvalue weighted by Gasteiger charge is 2.33. The SMILES string of the molecule is C=C(C)C1OCCC1CNC(=O)N1CC(C)CC(C(=O)O)C1. The highest BCUT2D eigenvalue weighted by molar-refractivity contribution is 5.76. The molecular weight excluding hydrogens is 284 g/mol. The summed E-state index contributed by atoms with van der Waals surface area (Å²) in [6, 6.07) is -0.176. The number of carboxylic acid groups (broad SMARTS) is 1. The van der Waals surface area contributed by atoms with Crippen molar-refractivity contribution in [3.63, 3.8) is 0 Å². The average molecular weight is 310 g/mol. The van der Waals surface area contributed by atoms with E-state index in [4.69, 9.17) is 9.84 Å². The van der Waals surface area contributed by atoms with E-state index in [1.54, 1.807) is 4.90 Å². The number of carboxylic acids is 1. The van der Waals surface area contributed by atoms with Crippen molar-refractivity contribution in [1.29, 1.82) is 0 Å². The average Bonchev–Trinajstić information content (AvgIpc) is 2.92. The molecule has 0 spiro atoms. The van der Waals surface area contributed by atoms with E-state index in [1.807, 2.05) is 13.8 Å². The van der Waals surface area contributed by atoms with Gasteiger partial charge in [-0.05, 0) is 25.7 Å². The van der Waals surface area contributed by atoms with Crippen LogP contribution in [-0.4, -0.2) is 54.4 Å². The lowest BCUT2D eigenvalue weighted by Crippen LogP contribution is -2.50. The zero-order valence-electron chi connectivity index (χ0n) is 13.4. The van der Waals surface area contributed by atoms with Crippen molar-refractivity contribution in [2.45, 2.75) is 32.8 Å². The second-order valence-electron chi connectivity index (χ2n) is 6.65. The van der Waals surface area contributed by atoms with Crippen molar-refractivity contribution < 1.29 is 19.4 Å². The van der Waals surface area contributed by atoms with Gasteiger partial charge in [0.2, 0.25) is 0 Å². The summed E-state index contributed by atoms with van der Waals surface area (Å²) in [6.45, 7) is 9.99. The summed E-state index contributed by atoms with van der Waals surface area (Å²) in [5, 5.41) is 12.1. The van der Waals surface area contributed by atoms with Gasteiger partial charge in [0.15, 0.2) is 0 Å². The highest BCUT2D eigenvalue weighted by atomic mass is 16.5. The minimum absolute atomic E-state index is 0.00680. The third kappa shape index (κ3) is 4.00. The maximum atomic E-state index is 12.3. The molecule has 4 atom stereocenters. The molecule has 6 heteroatoms. The number of hydrogen-bond acceptors (Lipinski definition) is 3. The number of carbonyl (C=O) groups excluding carboxylic acids is 1. The Kier molecular flexibility index (Phi) is 5.45. The fourth-order valence-corrected chi connectivity index (χ4v) is 3.41. The van der Waals surface area contributed by atoms with Crippen LogP contribution >= 0.6 is 0 Å². The molecule has 0 aromatic carbocycles. The molecule has 2 amide bonds. The minimum atomic E-state index is -0.823. The summed E-state index contributed by atoms with van der Waals surface area (Å²) >= 11 is 0. The van der Waals surface area contributed by atoms with Crippen LogP contribution in [0.15, 0.2) is 12.2 Å². The molecular formula is C16H26N2O4. The number of aliphatic carboxylic acids is 1. The van der Waals surface area contributed by atoms with E-state index in [0.29, 0.717) is 26.1 Å². The second kappa shape index (κ2) is 7.13. The first-order chi connectivity index (χ1) is 10.4. The maximum Gasteiger partial charge on any atom is 0.317 e. The van der Waals surface area contributed by atoms with Crippen LogP contribution in [0.2, 0.25) is 0 Å². The Hall–Kier alpha value is -1.56. The fraction of sp³-hybridized carbons (Fsp3) is 0.750. The molecule has 4 unspecified atom stereocenters. The first-order valence-corrected chi connectivity index (χ1v) is 7.91. The number of nitrogens with zero attached hydrogens (tertiary/aromatic N) is 1. The molecule has 0 aromatic rings. The van der Waals surface area contributed by atoms with Crippen LogP contribution < -0.4 is 5.32 Å². The van der Waals surface area contributed by atoms with Crippen LogP contribution in [0.3, 0.4) is 0 Å². The number of urea groups is 1. The van der Waals surface area contributed by atoms with Crippen molar-refractivity contribution in [2.75, 3.05) is 26.2 Å². The number of carbonyl (C=O) groups is 2. The lowest BCUT2D eigenvalue weighted by molar-refractivity contribution is -0.143. The van der Waals surface area contributed by atoms with Crippen molar-refractivity contribution in [1.82, 2.24) is 10.2 Å². The molecule has 2 aliphatic heterocycles. The predicted molar refractivity (Wildman–Crippen MR) is 82.5 cm³/mol. The first-order valence-electron chi connectivity index (χ1n) is 7.91. The number of piperidine rings is 1. The Bertz CT molecular complexity index is 451. The van der Waals surface area contributed by atoms with Gasteiger partial charge in [-0.1, -0.05) is 19.1 Å². The lowest BCUT2D eigenvalue weighted by atomic mass is 9.91. The Balaban J connectivity index is 1.86. The van der Waals surface area contributed by atoms with Gasteiger partial charge in [-0.15, -0.1) is 0 Å². The molecule has 124 valence electrons. The first kappa shape index (κ1) is 16.8. The number of likely N-dealkylation sites (tertiary alicyclic amines) is 1. The van der Waals surface area contributed by atoms with Crippen LogP contribution in [-0.2, 0) is 9.53 Å². The van der Waals surface area contributed by atoms with E-state index in [1.165, 1.54) is 0 Å². The quantitative estimate of drug-likeness (QED) is 0.775.